The molecule has 0 aromatic carbocycles. The van der Waals surface area contributed by atoms with Crippen molar-refractivity contribution >= 4 is 82.9 Å². The van der Waals surface area contributed by atoms with Crippen molar-refractivity contribution in [3.05, 3.63) is 94.4 Å². The maximum absolute atomic E-state index is 7.61. The van der Waals surface area contributed by atoms with Gasteiger partial charge in [-0.15, -0.1) is 6.58 Å². The number of halogens is 3. The number of aromatic nitrogens is 8. The highest BCUT2D eigenvalue weighted by atomic mass is 35.5. The predicted octanol–water partition coefficient (Wildman–Crippen LogP) is 9.83. The lowest BCUT2D eigenvalue weighted by molar-refractivity contribution is 0.00578. The van der Waals surface area contributed by atoms with Crippen LogP contribution in [0.3, 0.4) is 0 Å². The van der Waals surface area contributed by atoms with Gasteiger partial charge in [-0.1, -0.05) is 97.0 Å². The first-order valence-corrected chi connectivity index (χ1v) is 18.7. The maximum atomic E-state index is 7.61. The molecular weight excluding hydrogens is 853 g/mol. The molecule has 21 heteroatoms. The van der Waals surface area contributed by atoms with Crippen molar-refractivity contribution < 1.29 is 19.4 Å². The molecule has 0 unspecified atom stereocenters. The number of nitrogen functional groups attached to an aromatic ring is 4. The molecule has 5 heterocycles. The second-order valence-corrected chi connectivity index (χ2v) is 15.1. The molecule has 4 aromatic rings. The molecule has 0 atom stereocenters. The number of allylic oxidation sites excluding steroid dienone is 3. The summed E-state index contributed by atoms with van der Waals surface area (Å²) in [4.78, 5) is 30.8. The molecule has 10 N–H and O–H groups in total. The summed E-state index contributed by atoms with van der Waals surface area (Å²) >= 11 is 16.5. The number of rotatable bonds is 4. The minimum absolute atomic E-state index is 0. The zero-order valence-corrected chi connectivity index (χ0v) is 37.7. The van der Waals surface area contributed by atoms with Gasteiger partial charge in [0, 0.05) is 0 Å². The third-order valence-electron chi connectivity index (χ3n) is 7.83. The van der Waals surface area contributed by atoms with E-state index in [2.05, 4.69) is 73.5 Å². The van der Waals surface area contributed by atoms with E-state index in [1.54, 1.807) is 6.33 Å². The molecule has 1 fully saturated rings. The molecule has 1 saturated heterocycles. The normalized spacial score (nSPS) is 12.1. The zero-order valence-electron chi connectivity index (χ0n) is 35.4. The number of hydrogen-bond donors (Lipinski definition) is 6. The molecule has 1 aliphatic heterocycles. The topological polar surface area (TPSA) is 266 Å². The van der Waals surface area contributed by atoms with Gasteiger partial charge in [-0.05, 0) is 86.2 Å². The molecule has 16 nitrogen and oxygen atoms in total. The lowest BCUT2D eigenvalue weighted by Gasteiger charge is -2.32. The van der Waals surface area contributed by atoms with Crippen molar-refractivity contribution in [2.24, 2.45) is 0 Å². The summed E-state index contributed by atoms with van der Waals surface area (Å²) in [6.07, 6.45) is 5.67. The fourth-order valence-electron chi connectivity index (χ4n) is 3.90. The summed E-state index contributed by atoms with van der Waals surface area (Å²) in [6.45, 7) is 34.2. The minimum atomic E-state index is -1.17. The van der Waals surface area contributed by atoms with Crippen molar-refractivity contribution in [3.63, 3.8) is 0 Å². The van der Waals surface area contributed by atoms with Crippen LogP contribution in [0.1, 0.15) is 126 Å². The summed E-state index contributed by atoms with van der Waals surface area (Å²) in [5.41, 5.74) is 30.4. The van der Waals surface area contributed by atoms with E-state index in [1.165, 1.54) is 25.8 Å². The highest BCUT2D eigenvalue weighted by Crippen LogP contribution is 2.38. The second kappa shape index (κ2) is 30.6. The summed E-state index contributed by atoms with van der Waals surface area (Å²) in [5.74, 6) is 0.372. The Morgan fingerprint density at radius 3 is 1.19 bits per heavy atom. The van der Waals surface area contributed by atoms with Gasteiger partial charge in [0.1, 0.15) is 31.0 Å². The predicted molar refractivity (Wildman–Crippen MR) is 268 cm³/mol. The molecular formula is C41H73B2Cl3N12O4. The lowest BCUT2D eigenvalue weighted by Crippen LogP contribution is -2.41. The molecule has 4 aromatic heterocycles. The Bertz CT molecular complexity index is 1890. The van der Waals surface area contributed by atoms with Crippen molar-refractivity contribution in [3.8, 4) is 0 Å². The second-order valence-electron chi connectivity index (χ2n) is 14.1. The van der Waals surface area contributed by atoms with E-state index in [9.17, 15) is 0 Å². The smallest absolute Gasteiger partial charge is 0.427 e. The van der Waals surface area contributed by atoms with Crippen LogP contribution in [0.2, 0.25) is 22.3 Å². The Morgan fingerprint density at radius 1 is 0.613 bits per heavy atom. The Balaban J connectivity index is -0.000000211. The van der Waals surface area contributed by atoms with Crippen LogP contribution in [0.15, 0.2) is 50.5 Å². The molecule has 348 valence electrons. The van der Waals surface area contributed by atoms with Gasteiger partial charge in [-0.2, -0.15) is 0 Å². The third kappa shape index (κ3) is 22.1. The van der Waals surface area contributed by atoms with Crippen molar-refractivity contribution in [2.75, 3.05) is 22.9 Å². The van der Waals surface area contributed by atoms with Crippen LogP contribution in [0, 0.1) is 13.8 Å². The number of anilines is 4. The standard InChI is InChI=1S/C9H17BO2.C8H13N3.C8H11N3.C7H8ClN3.C4H3Cl2N3.CH5BO2.4CH4/c1-7(2)10-11-8(3,4)9(5,6)12-10;2*1-5(2)8-7(9)6(3)10-4-11-8;1-4(2)6-5(9)7(8)11-3-10-6;5-3-2(7)4(6)9-1-8-3;1-2(3)4;;;;/h1H2,2-6H3;4-5H,9H2,1-3H3;4H,1,9H2,2-3H3;3H,1,9H2,2H3;1H,7H2;3-4H,1H3;4*1H4. The fraction of sp³-hybridized carbons (Fsp3) is 0.463. The molecule has 0 spiro atoms. The van der Waals surface area contributed by atoms with Crippen molar-refractivity contribution in [2.45, 2.75) is 130 Å². The highest BCUT2D eigenvalue weighted by molar-refractivity contribution is 6.54. The van der Waals surface area contributed by atoms with Gasteiger partial charge in [0.2, 0.25) is 0 Å². The monoisotopic (exact) mass is 925 g/mol. The lowest BCUT2D eigenvalue weighted by atomic mass is 9.81. The van der Waals surface area contributed by atoms with E-state index in [-0.39, 0.29) is 69.2 Å². The van der Waals surface area contributed by atoms with Gasteiger partial charge in [0.15, 0.2) is 15.5 Å². The summed E-state index contributed by atoms with van der Waals surface area (Å²) in [6, 6.07) is 0. The number of hydrogen-bond acceptors (Lipinski definition) is 16. The average molecular weight is 926 g/mol. The van der Waals surface area contributed by atoms with E-state index < -0.39 is 7.12 Å². The summed E-state index contributed by atoms with van der Waals surface area (Å²) < 4.78 is 11.4. The van der Waals surface area contributed by atoms with E-state index >= 15 is 0 Å². The number of nitrogens with zero attached hydrogens (tertiary/aromatic N) is 8. The first-order chi connectivity index (χ1) is 26.6. The molecule has 5 rings (SSSR count). The molecule has 0 aliphatic carbocycles. The quantitative estimate of drug-likeness (QED) is 0.0821. The molecule has 0 radical (unpaired) electrons. The first kappa shape index (κ1) is 66.7. The minimum Gasteiger partial charge on any atom is -0.427 e. The summed E-state index contributed by atoms with van der Waals surface area (Å²) in [7, 11) is -1.41. The average Bonchev–Trinajstić information content (AvgIpc) is 3.34. The summed E-state index contributed by atoms with van der Waals surface area (Å²) in [5, 5.41) is 15.9. The molecule has 0 bridgehead atoms. The van der Waals surface area contributed by atoms with Crippen molar-refractivity contribution in [1.82, 2.24) is 39.9 Å². The Kier molecular flexibility index (Phi) is 32.9. The fourth-order valence-corrected chi connectivity index (χ4v) is 4.35. The van der Waals surface area contributed by atoms with E-state index in [0.717, 1.165) is 45.1 Å². The van der Waals surface area contributed by atoms with Crippen LogP contribution < -0.4 is 22.9 Å². The van der Waals surface area contributed by atoms with Gasteiger partial charge in [-0.25, -0.2) is 39.9 Å². The zero-order chi connectivity index (χ0) is 45.3. The van der Waals surface area contributed by atoms with E-state index in [1.807, 2.05) is 62.3 Å². The van der Waals surface area contributed by atoms with Crippen LogP contribution in [-0.2, 0) is 9.31 Å². The largest absolute Gasteiger partial charge is 0.489 e. The van der Waals surface area contributed by atoms with Crippen LogP contribution in [0.5, 0.6) is 0 Å². The number of aryl methyl sites for hydroxylation is 2. The first-order valence-electron chi connectivity index (χ1n) is 17.6. The van der Waals surface area contributed by atoms with E-state index in [0.29, 0.717) is 23.0 Å². The highest BCUT2D eigenvalue weighted by Gasteiger charge is 2.51. The molecule has 62 heavy (non-hydrogen) atoms. The van der Waals surface area contributed by atoms with Crippen LogP contribution in [-0.4, -0.2) is 75.4 Å². The Morgan fingerprint density at radius 2 is 0.919 bits per heavy atom. The van der Waals surface area contributed by atoms with E-state index in [4.69, 9.17) is 77.1 Å². The third-order valence-corrected chi connectivity index (χ3v) is 8.73. The van der Waals surface area contributed by atoms with Gasteiger partial charge in [0.05, 0.1) is 56.7 Å². The van der Waals surface area contributed by atoms with Crippen LogP contribution >= 0.6 is 34.8 Å². The van der Waals surface area contributed by atoms with Crippen molar-refractivity contribution in [1.29, 1.82) is 0 Å². The SMILES string of the molecule is C.C.C.C.C=C(C)B1OC(C)(C)C(C)(C)O1.C=C(C)c1ncnc(C)c1N.C=C(C)c1ncnc(Cl)c1N.CB(O)O.Cc1ncnc(C(C)C)c1N.Nc1c(Cl)ncnc1Cl. The number of nitrogens with two attached hydrogens (primary N) is 4. The van der Waals surface area contributed by atoms with Gasteiger partial charge in [-0.3, -0.25) is 0 Å². The Hall–Kier alpha value is -4.42. The van der Waals surface area contributed by atoms with Gasteiger partial charge >= 0.3 is 14.2 Å². The van der Waals surface area contributed by atoms with Gasteiger partial charge < -0.3 is 42.3 Å². The maximum Gasteiger partial charge on any atom is 0.489 e. The molecule has 0 saturated carbocycles. The Labute approximate surface area is 387 Å². The van der Waals surface area contributed by atoms with Gasteiger partial charge in [0.25, 0.3) is 0 Å². The molecule has 0 amide bonds. The molecule has 1 aliphatic rings. The van der Waals surface area contributed by atoms with Crippen LogP contribution in [0.4, 0.5) is 22.7 Å². The van der Waals surface area contributed by atoms with Crippen LogP contribution in [0.25, 0.3) is 11.1 Å².